The molecule has 0 aromatic heterocycles. The largest absolute Gasteiger partial charge is 0.381 e. The van der Waals surface area contributed by atoms with Crippen molar-refractivity contribution in [3.05, 3.63) is 35.4 Å². The Hall–Kier alpha value is -1.43. The molecule has 1 aromatic rings. The van der Waals surface area contributed by atoms with Gasteiger partial charge in [-0.25, -0.2) is 0 Å². The number of nitrogens with zero attached hydrogens (tertiary/aromatic N) is 1. The summed E-state index contributed by atoms with van der Waals surface area (Å²) < 4.78 is 17.7. The molecule has 3 aliphatic heterocycles. The minimum Gasteiger partial charge on any atom is -0.381 e. The molecule has 148 valence electrons. The van der Waals surface area contributed by atoms with Crippen LogP contribution in [0.25, 0.3) is 0 Å². The molecule has 0 saturated carbocycles. The molecule has 3 heterocycles. The molecule has 3 fully saturated rings. The van der Waals surface area contributed by atoms with Crippen molar-refractivity contribution in [1.82, 2.24) is 4.90 Å². The first-order chi connectivity index (χ1) is 13.2. The van der Waals surface area contributed by atoms with E-state index in [0.29, 0.717) is 19.0 Å². The van der Waals surface area contributed by atoms with Crippen LogP contribution in [0.3, 0.4) is 0 Å². The van der Waals surface area contributed by atoms with Gasteiger partial charge in [-0.05, 0) is 49.3 Å². The van der Waals surface area contributed by atoms with Gasteiger partial charge in [0.05, 0.1) is 19.2 Å². The van der Waals surface area contributed by atoms with Crippen LogP contribution in [-0.2, 0) is 20.6 Å². The van der Waals surface area contributed by atoms with E-state index in [1.807, 2.05) is 29.2 Å². The van der Waals surface area contributed by atoms with Crippen LogP contribution in [0.2, 0.25) is 0 Å². The molecule has 3 saturated heterocycles. The summed E-state index contributed by atoms with van der Waals surface area (Å²) in [6, 6.07) is 7.96. The van der Waals surface area contributed by atoms with Crippen LogP contribution in [0.5, 0.6) is 0 Å². The van der Waals surface area contributed by atoms with Crippen molar-refractivity contribution in [2.45, 2.75) is 50.7 Å². The standard InChI is InChI=1S/C22H31NO4/c1-2-17-3-5-19(6-4-17)21(24)23-15-22(16-23)13-20(9-12-27-22)26-14-18-7-10-25-11-8-18/h3-6,18,20H,2,7-16H2,1H3. The summed E-state index contributed by atoms with van der Waals surface area (Å²) in [4.78, 5) is 14.6. The zero-order valence-corrected chi connectivity index (χ0v) is 16.3. The minimum absolute atomic E-state index is 0.108. The van der Waals surface area contributed by atoms with E-state index in [-0.39, 0.29) is 17.6 Å². The average molecular weight is 373 g/mol. The molecule has 4 rings (SSSR count). The van der Waals surface area contributed by atoms with E-state index in [4.69, 9.17) is 14.2 Å². The van der Waals surface area contributed by atoms with Crippen LogP contribution in [0.1, 0.15) is 48.5 Å². The lowest BCUT2D eigenvalue weighted by Gasteiger charge is -2.53. The Labute approximate surface area is 162 Å². The summed E-state index contributed by atoms with van der Waals surface area (Å²) in [6.45, 7) is 6.76. The highest BCUT2D eigenvalue weighted by Crippen LogP contribution is 2.36. The average Bonchev–Trinajstić information content (AvgIpc) is 2.71. The van der Waals surface area contributed by atoms with Crippen molar-refractivity contribution in [1.29, 1.82) is 0 Å². The van der Waals surface area contributed by atoms with Gasteiger partial charge in [0.25, 0.3) is 5.91 Å². The molecule has 0 N–H and O–H groups in total. The van der Waals surface area contributed by atoms with Gasteiger partial charge in [0.15, 0.2) is 0 Å². The zero-order valence-electron chi connectivity index (χ0n) is 16.3. The predicted molar refractivity (Wildman–Crippen MR) is 103 cm³/mol. The van der Waals surface area contributed by atoms with Crippen molar-refractivity contribution < 1.29 is 19.0 Å². The number of carbonyl (C=O) groups is 1. The Morgan fingerprint density at radius 3 is 2.59 bits per heavy atom. The molecule has 0 bridgehead atoms. The molecule has 3 aliphatic rings. The summed E-state index contributed by atoms with van der Waals surface area (Å²) in [5.41, 5.74) is 1.83. The zero-order chi connectivity index (χ0) is 18.7. The summed E-state index contributed by atoms with van der Waals surface area (Å²) in [5, 5.41) is 0. The Morgan fingerprint density at radius 2 is 1.89 bits per heavy atom. The molecule has 5 heteroatoms. The van der Waals surface area contributed by atoms with Crippen LogP contribution < -0.4 is 0 Å². The van der Waals surface area contributed by atoms with Crippen LogP contribution in [0.15, 0.2) is 24.3 Å². The normalized spacial score (nSPS) is 25.4. The molecule has 1 atom stereocenters. The molecule has 1 unspecified atom stereocenters. The lowest BCUT2D eigenvalue weighted by Crippen LogP contribution is -2.67. The van der Waals surface area contributed by atoms with Gasteiger partial charge in [-0.1, -0.05) is 19.1 Å². The number of ether oxygens (including phenoxy) is 3. The van der Waals surface area contributed by atoms with Crippen LogP contribution in [-0.4, -0.2) is 62.0 Å². The highest BCUT2D eigenvalue weighted by atomic mass is 16.5. The first-order valence-electron chi connectivity index (χ1n) is 10.4. The summed E-state index contributed by atoms with van der Waals surface area (Å²) in [6.07, 6.45) is 5.31. The molecular weight excluding hydrogens is 342 g/mol. The van der Waals surface area contributed by atoms with Gasteiger partial charge in [-0.3, -0.25) is 4.79 Å². The number of carbonyl (C=O) groups excluding carboxylic acids is 1. The lowest BCUT2D eigenvalue weighted by molar-refractivity contribution is -0.188. The molecule has 1 spiro atoms. The fourth-order valence-corrected chi connectivity index (χ4v) is 4.39. The summed E-state index contributed by atoms with van der Waals surface area (Å²) in [5.74, 6) is 0.736. The van der Waals surface area contributed by atoms with E-state index in [1.165, 1.54) is 5.56 Å². The van der Waals surface area contributed by atoms with Gasteiger partial charge >= 0.3 is 0 Å². The maximum atomic E-state index is 12.7. The fourth-order valence-electron chi connectivity index (χ4n) is 4.39. The Bertz CT molecular complexity index is 632. The quantitative estimate of drug-likeness (QED) is 0.796. The molecule has 1 aromatic carbocycles. The molecule has 0 aliphatic carbocycles. The van der Waals surface area contributed by atoms with E-state index in [2.05, 4.69) is 6.92 Å². The van der Waals surface area contributed by atoms with E-state index < -0.39 is 0 Å². The molecule has 27 heavy (non-hydrogen) atoms. The first kappa shape index (κ1) is 18.9. The van der Waals surface area contributed by atoms with E-state index >= 15 is 0 Å². The van der Waals surface area contributed by atoms with Crippen molar-refractivity contribution in [3.8, 4) is 0 Å². The number of rotatable bonds is 5. The highest BCUT2D eigenvalue weighted by Gasteiger charge is 2.49. The van der Waals surface area contributed by atoms with E-state index in [1.54, 1.807) is 0 Å². The smallest absolute Gasteiger partial charge is 0.254 e. The topological polar surface area (TPSA) is 48.0 Å². The summed E-state index contributed by atoms with van der Waals surface area (Å²) >= 11 is 0. The second-order valence-electron chi connectivity index (χ2n) is 8.25. The Balaban J connectivity index is 1.26. The van der Waals surface area contributed by atoms with Gasteiger partial charge < -0.3 is 19.1 Å². The predicted octanol–water partition coefficient (Wildman–Crippen LogP) is 3.07. The lowest BCUT2D eigenvalue weighted by atomic mass is 9.84. The summed E-state index contributed by atoms with van der Waals surface area (Å²) in [7, 11) is 0. The second kappa shape index (κ2) is 8.29. The second-order valence-corrected chi connectivity index (χ2v) is 8.25. The highest BCUT2D eigenvalue weighted by molar-refractivity contribution is 5.95. The third-order valence-electron chi connectivity index (χ3n) is 6.21. The van der Waals surface area contributed by atoms with E-state index in [9.17, 15) is 4.79 Å². The van der Waals surface area contributed by atoms with Crippen molar-refractivity contribution >= 4 is 5.91 Å². The maximum absolute atomic E-state index is 12.7. The third kappa shape index (κ3) is 4.36. The van der Waals surface area contributed by atoms with Crippen LogP contribution >= 0.6 is 0 Å². The van der Waals surface area contributed by atoms with Gasteiger partial charge in [-0.15, -0.1) is 0 Å². The van der Waals surface area contributed by atoms with E-state index in [0.717, 1.165) is 64.1 Å². The fraction of sp³-hybridized carbons (Fsp3) is 0.682. The van der Waals surface area contributed by atoms with Gasteiger partial charge in [0.2, 0.25) is 0 Å². The SMILES string of the molecule is CCc1ccc(C(=O)N2CC3(CC(OCC4CCOCC4)CCO3)C2)cc1. The molecule has 1 amide bonds. The van der Waals surface area contributed by atoms with Crippen molar-refractivity contribution in [3.63, 3.8) is 0 Å². The monoisotopic (exact) mass is 373 g/mol. The molecule has 5 nitrogen and oxygen atoms in total. The van der Waals surface area contributed by atoms with Crippen molar-refractivity contribution in [2.75, 3.05) is 39.5 Å². The van der Waals surface area contributed by atoms with Crippen molar-refractivity contribution in [2.24, 2.45) is 5.92 Å². The number of hydrogen-bond donors (Lipinski definition) is 0. The van der Waals surface area contributed by atoms with Crippen LogP contribution in [0.4, 0.5) is 0 Å². The number of likely N-dealkylation sites (tertiary alicyclic amines) is 1. The van der Waals surface area contributed by atoms with Gasteiger partial charge in [0.1, 0.15) is 5.60 Å². The minimum atomic E-state index is -0.197. The number of benzene rings is 1. The first-order valence-corrected chi connectivity index (χ1v) is 10.4. The van der Waals surface area contributed by atoms with Gasteiger partial charge in [0, 0.05) is 38.4 Å². The van der Waals surface area contributed by atoms with Crippen LogP contribution in [0, 0.1) is 5.92 Å². The Kier molecular flexibility index (Phi) is 5.81. The third-order valence-corrected chi connectivity index (χ3v) is 6.21. The number of amides is 1. The number of hydrogen-bond acceptors (Lipinski definition) is 4. The number of aryl methyl sites for hydroxylation is 1. The maximum Gasteiger partial charge on any atom is 0.254 e. The van der Waals surface area contributed by atoms with Gasteiger partial charge in [-0.2, -0.15) is 0 Å². The molecule has 0 radical (unpaired) electrons. The Morgan fingerprint density at radius 1 is 1.15 bits per heavy atom. The molecular formula is C22H31NO4.